The minimum Gasteiger partial charge on any atom is -0.484 e. The number of benzene rings is 2. The Hall–Kier alpha value is -3.00. The van der Waals surface area contributed by atoms with Crippen molar-refractivity contribution in [3.05, 3.63) is 65.2 Å². The number of hydrogen-bond acceptors (Lipinski definition) is 4. The fourth-order valence-corrected chi connectivity index (χ4v) is 5.00. The molecule has 6 nitrogen and oxygen atoms in total. The lowest BCUT2D eigenvalue weighted by atomic mass is 9.89. The Balaban J connectivity index is 1.67. The molecule has 0 saturated heterocycles. The molecule has 1 saturated carbocycles. The lowest BCUT2D eigenvalue weighted by Gasteiger charge is -2.30. The van der Waals surface area contributed by atoms with Gasteiger partial charge in [0.1, 0.15) is 17.4 Å². The molecular formula is C29H37F2NO5. The van der Waals surface area contributed by atoms with Crippen molar-refractivity contribution >= 4 is 11.9 Å². The summed E-state index contributed by atoms with van der Waals surface area (Å²) in [4.78, 5) is 26.4. The van der Waals surface area contributed by atoms with Crippen LogP contribution in [0.2, 0.25) is 0 Å². The maximum Gasteiger partial charge on any atom is 0.333 e. The molecule has 0 aliphatic heterocycles. The van der Waals surface area contributed by atoms with Crippen molar-refractivity contribution in [1.82, 2.24) is 4.90 Å². The van der Waals surface area contributed by atoms with Gasteiger partial charge in [-0.05, 0) is 55.9 Å². The van der Waals surface area contributed by atoms with Gasteiger partial charge in [0.15, 0.2) is 12.7 Å². The molecule has 1 aliphatic rings. The molecule has 1 aliphatic carbocycles. The van der Waals surface area contributed by atoms with E-state index >= 15 is 0 Å². The van der Waals surface area contributed by atoms with Gasteiger partial charge in [-0.15, -0.1) is 0 Å². The Morgan fingerprint density at radius 3 is 2.35 bits per heavy atom. The van der Waals surface area contributed by atoms with Crippen LogP contribution in [-0.2, 0) is 20.9 Å². The average Bonchev–Trinajstić information content (AvgIpc) is 2.89. The van der Waals surface area contributed by atoms with E-state index in [0.29, 0.717) is 31.2 Å². The van der Waals surface area contributed by atoms with Gasteiger partial charge in [0.2, 0.25) is 0 Å². The highest BCUT2D eigenvalue weighted by Gasteiger charge is 2.29. The summed E-state index contributed by atoms with van der Waals surface area (Å²) in [6, 6.07) is 10.4. The summed E-state index contributed by atoms with van der Waals surface area (Å²) in [6.07, 6.45) is 5.11. The number of ether oxygens (including phenoxy) is 2. The Labute approximate surface area is 217 Å². The number of nitrogens with zero attached hydrogens (tertiary/aromatic N) is 1. The van der Waals surface area contributed by atoms with Crippen LogP contribution in [0, 0.1) is 17.6 Å². The summed E-state index contributed by atoms with van der Waals surface area (Å²) in [7, 11) is 0. The smallest absolute Gasteiger partial charge is 0.333 e. The summed E-state index contributed by atoms with van der Waals surface area (Å²) < 4.78 is 38.9. The molecule has 0 aromatic heterocycles. The van der Waals surface area contributed by atoms with Gasteiger partial charge >= 0.3 is 5.97 Å². The maximum atomic E-state index is 14.3. The standard InChI is InChI=1S/C29H37F2NO5/c1-3-25(28(29(34)35)36-4-2)21-11-14-24(15-12-21)37-19-27(33)32(17-20-8-6-5-7-9-20)18-22-10-13-23(30)16-26(22)31/h10-16,20,25,28H,3-9,17-19H2,1-2H3,(H,34,35)/t25?,28-/m0/s1. The lowest BCUT2D eigenvalue weighted by Crippen LogP contribution is -2.38. The molecule has 0 spiro atoms. The first-order valence-electron chi connectivity index (χ1n) is 13.1. The molecule has 3 rings (SSSR count). The van der Waals surface area contributed by atoms with Gasteiger partial charge in [0.05, 0.1) is 0 Å². The highest BCUT2D eigenvalue weighted by molar-refractivity contribution is 5.78. The molecule has 1 amide bonds. The predicted molar refractivity (Wildman–Crippen MR) is 136 cm³/mol. The van der Waals surface area contributed by atoms with Crippen LogP contribution in [0.5, 0.6) is 5.75 Å². The quantitative estimate of drug-likeness (QED) is 0.356. The summed E-state index contributed by atoms with van der Waals surface area (Å²) in [5, 5.41) is 9.54. The number of aliphatic carboxylic acids is 1. The van der Waals surface area contributed by atoms with Crippen molar-refractivity contribution in [3.8, 4) is 5.75 Å². The second kappa shape index (κ2) is 14.1. The van der Waals surface area contributed by atoms with Crippen LogP contribution in [-0.4, -0.2) is 47.7 Å². The summed E-state index contributed by atoms with van der Waals surface area (Å²) >= 11 is 0. The number of amides is 1. The third kappa shape index (κ3) is 8.25. The largest absolute Gasteiger partial charge is 0.484 e. The average molecular weight is 518 g/mol. The fraction of sp³-hybridized carbons (Fsp3) is 0.517. The minimum atomic E-state index is -1.00. The number of rotatable bonds is 13. The second-order valence-corrected chi connectivity index (χ2v) is 9.60. The zero-order chi connectivity index (χ0) is 26.8. The van der Waals surface area contributed by atoms with Crippen molar-refractivity contribution < 1.29 is 33.0 Å². The number of hydrogen-bond donors (Lipinski definition) is 1. The number of carbonyl (C=O) groups excluding carboxylic acids is 1. The number of halogens is 2. The number of carbonyl (C=O) groups is 2. The van der Waals surface area contributed by atoms with Crippen LogP contribution >= 0.6 is 0 Å². The Morgan fingerprint density at radius 1 is 1.05 bits per heavy atom. The van der Waals surface area contributed by atoms with E-state index in [1.807, 2.05) is 6.92 Å². The molecule has 202 valence electrons. The van der Waals surface area contributed by atoms with Gasteiger partial charge in [0, 0.05) is 37.2 Å². The van der Waals surface area contributed by atoms with E-state index in [1.165, 1.54) is 18.6 Å². The van der Waals surface area contributed by atoms with Crippen LogP contribution in [0.4, 0.5) is 8.78 Å². The van der Waals surface area contributed by atoms with Crippen LogP contribution < -0.4 is 4.74 Å². The van der Waals surface area contributed by atoms with Crippen LogP contribution in [0.15, 0.2) is 42.5 Å². The normalized spacial score (nSPS) is 15.7. The van der Waals surface area contributed by atoms with Crippen molar-refractivity contribution in [2.24, 2.45) is 5.92 Å². The predicted octanol–water partition coefficient (Wildman–Crippen LogP) is 5.94. The topological polar surface area (TPSA) is 76.1 Å². The molecular weight excluding hydrogens is 480 g/mol. The third-order valence-corrected chi connectivity index (χ3v) is 7.00. The fourth-order valence-electron chi connectivity index (χ4n) is 5.00. The monoisotopic (exact) mass is 517 g/mol. The van der Waals surface area contributed by atoms with E-state index < -0.39 is 23.7 Å². The molecule has 37 heavy (non-hydrogen) atoms. The zero-order valence-corrected chi connectivity index (χ0v) is 21.6. The third-order valence-electron chi connectivity index (χ3n) is 7.00. The van der Waals surface area contributed by atoms with Gasteiger partial charge in [-0.1, -0.05) is 44.4 Å². The van der Waals surface area contributed by atoms with Crippen LogP contribution in [0.1, 0.15) is 69.4 Å². The Morgan fingerprint density at radius 2 is 1.76 bits per heavy atom. The molecule has 8 heteroatoms. The highest BCUT2D eigenvalue weighted by Crippen LogP contribution is 2.28. The first-order valence-corrected chi connectivity index (χ1v) is 13.1. The van der Waals surface area contributed by atoms with Crippen molar-refractivity contribution in [3.63, 3.8) is 0 Å². The van der Waals surface area contributed by atoms with E-state index in [9.17, 15) is 23.5 Å². The lowest BCUT2D eigenvalue weighted by molar-refractivity contribution is -0.151. The van der Waals surface area contributed by atoms with E-state index in [4.69, 9.17) is 9.47 Å². The second-order valence-electron chi connectivity index (χ2n) is 9.60. The van der Waals surface area contributed by atoms with Gasteiger partial charge in [-0.3, -0.25) is 4.79 Å². The van der Waals surface area contributed by atoms with E-state index in [0.717, 1.165) is 37.3 Å². The molecule has 2 aromatic rings. The molecule has 2 aromatic carbocycles. The van der Waals surface area contributed by atoms with E-state index in [-0.39, 0.29) is 30.5 Å². The summed E-state index contributed by atoms with van der Waals surface area (Å²) in [6.45, 7) is 4.31. The zero-order valence-electron chi connectivity index (χ0n) is 21.6. The van der Waals surface area contributed by atoms with Crippen molar-refractivity contribution in [2.75, 3.05) is 19.8 Å². The first-order chi connectivity index (χ1) is 17.8. The van der Waals surface area contributed by atoms with Crippen LogP contribution in [0.3, 0.4) is 0 Å². The minimum absolute atomic E-state index is 0.0515. The summed E-state index contributed by atoms with van der Waals surface area (Å²) in [5.41, 5.74) is 1.08. The van der Waals surface area contributed by atoms with Crippen LogP contribution in [0.25, 0.3) is 0 Å². The molecule has 1 fully saturated rings. The maximum absolute atomic E-state index is 14.3. The SMILES string of the molecule is CCO[C@H](C(=O)O)C(CC)c1ccc(OCC(=O)N(Cc2ccc(F)cc2F)CC2CCCCC2)cc1. The number of carboxylic acid groups (broad SMARTS) is 1. The van der Waals surface area contributed by atoms with Crippen molar-refractivity contribution in [2.45, 2.75) is 70.9 Å². The molecule has 0 heterocycles. The van der Waals surface area contributed by atoms with Gasteiger partial charge < -0.3 is 19.5 Å². The highest BCUT2D eigenvalue weighted by atomic mass is 19.1. The van der Waals surface area contributed by atoms with E-state index in [1.54, 1.807) is 36.1 Å². The van der Waals surface area contributed by atoms with Crippen molar-refractivity contribution in [1.29, 1.82) is 0 Å². The molecule has 0 bridgehead atoms. The van der Waals surface area contributed by atoms with Gasteiger partial charge in [-0.25, -0.2) is 13.6 Å². The molecule has 1 unspecified atom stereocenters. The van der Waals surface area contributed by atoms with Gasteiger partial charge in [0.25, 0.3) is 5.91 Å². The Bertz CT molecular complexity index is 1020. The Kier molecular flexibility index (Phi) is 10.9. The first kappa shape index (κ1) is 28.6. The molecule has 1 N–H and O–H groups in total. The van der Waals surface area contributed by atoms with E-state index in [2.05, 4.69) is 0 Å². The molecule has 0 radical (unpaired) electrons. The number of carboxylic acids is 1. The summed E-state index contributed by atoms with van der Waals surface area (Å²) in [5.74, 6) is -2.10. The van der Waals surface area contributed by atoms with Gasteiger partial charge in [-0.2, -0.15) is 0 Å². The molecule has 2 atom stereocenters.